The zero-order chi connectivity index (χ0) is 23.0. The first-order valence-corrected chi connectivity index (χ1v) is 11.7. The van der Waals surface area contributed by atoms with Crippen LogP contribution in [-0.2, 0) is 0 Å². The van der Waals surface area contributed by atoms with Gasteiger partial charge in [-0.25, -0.2) is 0 Å². The Kier molecular flexibility index (Phi) is 9.87. The highest BCUT2D eigenvalue weighted by Crippen LogP contribution is 2.38. The number of aromatic nitrogens is 1. The van der Waals surface area contributed by atoms with E-state index in [1.807, 2.05) is 32.0 Å². The Morgan fingerprint density at radius 2 is 1.68 bits per heavy atom. The van der Waals surface area contributed by atoms with E-state index in [0.29, 0.717) is 5.56 Å². The first-order chi connectivity index (χ1) is 15.2. The highest BCUT2D eigenvalue weighted by molar-refractivity contribution is 6.37. The number of nitrogens with one attached hydrogen (secondary N) is 1. The predicted molar refractivity (Wildman–Crippen MR) is 146 cm³/mol. The van der Waals surface area contributed by atoms with Gasteiger partial charge in [0.2, 0.25) is 0 Å². The van der Waals surface area contributed by atoms with E-state index in [9.17, 15) is 9.90 Å². The van der Waals surface area contributed by atoms with E-state index < -0.39 is 0 Å². The van der Waals surface area contributed by atoms with Gasteiger partial charge in [-0.15, -0.1) is 24.8 Å². The fourth-order valence-corrected chi connectivity index (χ4v) is 4.71. The van der Waals surface area contributed by atoms with E-state index >= 15 is 0 Å². The summed E-state index contributed by atoms with van der Waals surface area (Å²) < 4.78 is 0. The second-order valence-electron chi connectivity index (χ2n) is 8.84. The van der Waals surface area contributed by atoms with Gasteiger partial charge in [-0.1, -0.05) is 43.1 Å². The minimum Gasteiger partial charge on any atom is -0.505 e. The summed E-state index contributed by atoms with van der Waals surface area (Å²) in [5.41, 5.74) is 9.93. The van der Waals surface area contributed by atoms with Gasteiger partial charge >= 0.3 is 0 Å². The van der Waals surface area contributed by atoms with Gasteiger partial charge < -0.3 is 16.2 Å². The summed E-state index contributed by atoms with van der Waals surface area (Å²) in [6.45, 7) is 3.79. The van der Waals surface area contributed by atoms with Gasteiger partial charge in [-0.3, -0.25) is 9.78 Å². The number of pyridine rings is 1. The smallest absolute Gasteiger partial charge is 0.169 e. The van der Waals surface area contributed by atoms with Crippen molar-refractivity contribution in [3.63, 3.8) is 0 Å². The molecule has 2 aromatic carbocycles. The van der Waals surface area contributed by atoms with Crippen LogP contribution in [-0.4, -0.2) is 28.0 Å². The Bertz CT molecular complexity index is 1160. The molecular weight excluding hydrogens is 516 g/mol. The number of anilines is 1. The van der Waals surface area contributed by atoms with Crippen LogP contribution in [0.2, 0.25) is 10.0 Å². The predicted octanol–water partition coefficient (Wildman–Crippen LogP) is 7.28. The molecule has 0 bridgehead atoms. The van der Waals surface area contributed by atoms with Gasteiger partial charge in [-0.2, -0.15) is 0 Å². The SMILES string of the molecule is CC(C)C(=O)c1cnc2ccc(-c3cc(Cl)c(O)c(Cl)c3)cc2c1NC1CCC(N)CC1.Cl.Cl. The van der Waals surface area contributed by atoms with Gasteiger partial charge in [0.15, 0.2) is 11.5 Å². The number of carbonyl (C=O) groups excluding carboxylic acids is 1. The third-order valence-corrected chi connectivity index (χ3v) is 6.70. The number of carbonyl (C=O) groups is 1. The third-order valence-electron chi connectivity index (χ3n) is 6.13. The molecule has 1 aliphatic carbocycles. The molecular formula is C25H29Cl4N3O2. The highest BCUT2D eigenvalue weighted by atomic mass is 35.5. The number of phenolic OH excluding ortho intramolecular Hbond substituents is 1. The molecule has 1 heterocycles. The number of hydrogen-bond donors (Lipinski definition) is 3. The van der Waals surface area contributed by atoms with E-state index in [1.54, 1.807) is 18.3 Å². The van der Waals surface area contributed by atoms with Crippen molar-refractivity contribution >= 4 is 70.4 Å². The summed E-state index contributed by atoms with van der Waals surface area (Å²) in [5.74, 6) is -0.231. The number of Topliss-reactive ketones (excluding diaryl/α,β-unsaturated/α-hetero) is 1. The van der Waals surface area contributed by atoms with Crippen molar-refractivity contribution < 1.29 is 9.90 Å². The number of aromatic hydroxyl groups is 1. The molecule has 0 aliphatic heterocycles. The van der Waals surface area contributed by atoms with Gasteiger partial charge in [0.05, 0.1) is 26.8 Å². The minimum absolute atomic E-state index is 0. The number of fused-ring (bicyclic) bond motifs is 1. The van der Waals surface area contributed by atoms with Crippen LogP contribution in [0, 0.1) is 5.92 Å². The summed E-state index contributed by atoms with van der Waals surface area (Å²) in [7, 11) is 0. The maximum absolute atomic E-state index is 13.0. The van der Waals surface area contributed by atoms with Crippen molar-refractivity contribution in [2.45, 2.75) is 51.6 Å². The zero-order valence-electron chi connectivity index (χ0n) is 19.0. The second kappa shape index (κ2) is 11.8. The molecule has 0 atom stereocenters. The van der Waals surface area contributed by atoms with Gasteiger partial charge in [-0.05, 0) is 61.1 Å². The Balaban J connectivity index is 0.00000204. The van der Waals surface area contributed by atoms with Crippen molar-refractivity contribution in [3.05, 3.63) is 52.1 Å². The van der Waals surface area contributed by atoms with Crippen molar-refractivity contribution in [2.24, 2.45) is 11.7 Å². The van der Waals surface area contributed by atoms with Crippen LogP contribution in [0.3, 0.4) is 0 Å². The lowest BCUT2D eigenvalue weighted by atomic mass is 9.90. The number of rotatable bonds is 5. The van der Waals surface area contributed by atoms with Crippen LogP contribution >= 0.6 is 48.0 Å². The summed E-state index contributed by atoms with van der Waals surface area (Å²) in [6.07, 6.45) is 5.52. The van der Waals surface area contributed by atoms with Crippen molar-refractivity contribution in [2.75, 3.05) is 5.32 Å². The fourth-order valence-electron chi connectivity index (χ4n) is 4.23. The van der Waals surface area contributed by atoms with Gasteiger partial charge in [0, 0.05) is 29.6 Å². The first kappa shape index (κ1) is 28.5. The third kappa shape index (κ3) is 5.89. The van der Waals surface area contributed by atoms with Crippen LogP contribution in [0.4, 0.5) is 5.69 Å². The lowest BCUT2D eigenvalue weighted by Gasteiger charge is -2.29. The maximum atomic E-state index is 13.0. The summed E-state index contributed by atoms with van der Waals surface area (Å²) >= 11 is 12.3. The average molecular weight is 545 g/mol. The van der Waals surface area contributed by atoms with Crippen LogP contribution < -0.4 is 11.1 Å². The van der Waals surface area contributed by atoms with E-state index in [2.05, 4.69) is 10.3 Å². The zero-order valence-corrected chi connectivity index (χ0v) is 22.1. The molecule has 0 amide bonds. The highest BCUT2D eigenvalue weighted by Gasteiger charge is 2.23. The molecule has 184 valence electrons. The topological polar surface area (TPSA) is 88.2 Å². The van der Waals surface area contributed by atoms with Crippen LogP contribution in [0.5, 0.6) is 5.75 Å². The molecule has 1 saturated carbocycles. The maximum Gasteiger partial charge on any atom is 0.169 e. The first-order valence-electron chi connectivity index (χ1n) is 10.9. The van der Waals surface area contributed by atoms with Crippen LogP contribution in [0.25, 0.3) is 22.0 Å². The average Bonchev–Trinajstić information content (AvgIpc) is 2.78. The number of benzene rings is 2. The lowest BCUT2D eigenvalue weighted by molar-refractivity contribution is 0.0940. The number of halogens is 4. The Morgan fingerprint density at radius 1 is 1.06 bits per heavy atom. The monoisotopic (exact) mass is 543 g/mol. The number of hydrogen-bond acceptors (Lipinski definition) is 5. The van der Waals surface area contributed by atoms with Gasteiger partial charge in [0.1, 0.15) is 0 Å². The molecule has 0 saturated heterocycles. The second-order valence-corrected chi connectivity index (χ2v) is 9.66. The lowest BCUT2D eigenvalue weighted by Crippen LogP contribution is -2.33. The number of ketones is 1. The van der Waals surface area contributed by atoms with Crippen molar-refractivity contribution in [1.82, 2.24) is 4.98 Å². The Labute approximate surface area is 222 Å². The molecule has 5 nitrogen and oxygen atoms in total. The molecule has 1 aromatic heterocycles. The Hall–Kier alpha value is -1.76. The molecule has 1 fully saturated rings. The molecule has 0 spiro atoms. The standard InChI is InChI=1S/C25H27Cl2N3O2.2ClH/c1-13(2)24(31)19-12-29-22-8-3-14(15-10-20(26)25(32)21(27)11-15)9-18(22)23(19)30-17-6-4-16(28)5-7-17;;/h3,8-13,16-17,32H,4-7,28H2,1-2H3,(H,29,30);2*1H. The van der Waals surface area contributed by atoms with Gasteiger partial charge in [0.25, 0.3) is 0 Å². The normalized spacial score (nSPS) is 17.7. The van der Waals surface area contributed by atoms with E-state index in [0.717, 1.165) is 53.4 Å². The molecule has 34 heavy (non-hydrogen) atoms. The van der Waals surface area contributed by atoms with Crippen molar-refractivity contribution in [1.29, 1.82) is 0 Å². The molecule has 0 radical (unpaired) electrons. The summed E-state index contributed by atoms with van der Waals surface area (Å²) in [6, 6.07) is 9.70. The minimum atomic E-state index is -0.146. The molecule has 4 rings (SSSR count). The van der Waals surface area contributed by atoms with E-state index in [4.69, 9.17) is 28.9 Å². The van der Waals surface area contributed by atoms with Crippen LogP contribution in [0.15, 0.2) is 36.5 Å². The van der Waals surface area contributed by atoms with E-state index in [-0.39, 0.29) is 64.4 Å². The van der Waals surface area contributed by atoms with E-state index in [1.165, 1.54) is 0 Å². The Morgan fingerprint density at radius 3 is 2.26 bits per heavy atom. The molecule has 9 heteroatoms. The summed E-state index contributed by atoms with van der Waals surface area (Å²) in [5, 5.41) is 14.8. The molecule has 4 N–H and O–H groups in total. The van der Waals surface area contributed by atoms with Crippen molar-refractivity contribution in [3.8, 4) is 16.9 Å². The molecule has 3 aromatic rings. The molecule has 1 aliphatic rings. The largest absolute Gasteiger partial charge is 0.505 e. The number of phenols is 1. The fraction of sp³-hybridized carbons (Fsp3) is 0.360. The van der Waals surface area contributed by atoms with Crippen LogP contribution in [0.1, 0.15) is 49.9 Å². The summed E-state index contributed by atoms with van der Waals surface area (Å²) in [4.78, 5) is 17.6. The number of nitrogens with zero attached hydrogens (tertiary/aromatic N) is 1. The quantitative estimate of drug-likeness (QED) is 0.294. The molecule has 0 unspecified atom stereocenters. The number of nitrogens with two attached hydrogens (primary N) is 1.